The lowest BCUT2D eigenvalue weighted by atomic mass is 10.1. The first-order valence-electron chi connectivity index (χ1n) is 13.2. The third-order valence-electron chi connectivity index (χ3n) is 6.49. The summed E-state index contributed by atoms with van der Waals surface area (Å²) in [5.74, 6) is -0.111. The van der Waals surface area contributed by atoms with E-state index in [1.807, 2.05) is 61.6 Å². The van der Waals surface area contributed by atoms with Crippen molar-refractivity contribution in [2.24, 2.45) is 0 Å². The van der Waals surface area contributed by atoms with Crippen LogP contribution >= 0.6 is 11.6 Å². The average molecular weight is 548 g/mol. The van der Waals surface area contributed by atoms with E-state index in [4.69, 9.17) is 21.1 Å². The van der Waals surface area contributed by atoms with Gasteiger partial charge in [-0.1, -0.05) is 23.7 Å². The smallest absolute Gasteiger partial charge is 0.410 e. The largest absolute Gasteiger partial charge is 0.444 e. The van der Waals surface area contributed by atoms with Gasteiger partial charge in [0.05, 0.1) is 18.2 Å². The molecule has 208 valence electrons. The molecular weight excluding hydrogens is 510 g/mol. The van der Waals surface area contributed by atoms with Crippen LogP contribution in [0.25, 0.3) is 10.9 Å². The number of nitrogens with zero attached hydrogens (tertiary/aromatic N) is 3. The maximum Gasteiger partial charge on any atom is 0.410 e. The topological polar surface area (TPSA) is 105 Å². The van der Waals surface area contributed by atoms with Crippen LogP contribution in [0, 0.1) is 0 Å². The van der Waals surface area contributed by atoms with Gasteiger partial charge in [0.25, 0.3) is 5.91 Å². The van der Waals surface area contributed by atoms with Gasteiger partial charge in [-0.25, -0.2) is 9.59 Å². The number of amides is 4. The van der Waals surface area contributed by atoms with Gasteiger partial charge in [-0.3, -0.25) is 4.79 Å². The van der Waals surface area contributed by atoms with Crippen LogP contribution in [-0.2, 0) is 27.4 Å². The molecule has 0 bridgehead atoms. The highest BCUT2D eigenvalue weighted by Gasteiger charge is 2.39. The fraction of sp³-hybridized carbons (Fsp3) is 0.593. The Bertz CT molecular complexity index is 1170. The summed E-state index contributed by atoms with van der Waals surface area (Å²) < 4.78 is 13.3. The van der Waals surface area contributed by atoms with Gasteiger partial charge in [0.1, 0.15) is 5.60 Å². The lowest BCUT2D eigenvalue weighted by Crippen LogP contribution is -2.53. The number of hydrogen-bond acceptors (Lipinski definition) is 5. The van der Waals surface area contributed by atoms with Crippen molar-refractivity contribution in [2.75, 3.05) is 32.8 Å². The molecule has 2 aromatic rings. The van der Waals surface area contributed by atoms with Gasteiger partial charge in [0.15, 0.2) is 6.10 Å². The summed E-state index contributed by atoms with van der Waals surface area (Å²) in [5.41, 5.74) is 1.32. The Balaban J connectivity index is 1.45. The van der Waals surface area contributed by atoms with Crippen molar-refractivity contribution in [3.63, 3.8) is 0 Å². The zero-order valence-electron chi connectivity index (χ0n) is 22.6. The quantitative estimate of drug-likeness (QED) is 0.524. The van der Waals surface area contributed by atoms with Gasteiger partial charge >= 0.3 is 12.1 Å². The zero-order valence-corrected chi connectivity index (χ0v) is 23.3. The second-order valence-corrected chi connectivity index (χ2v) is 11.2. The number of ether oxygens (including phenoxy) is 2. The molecule has 0 radical (unpaired) electrons. The summed E-state index contributed by atoms with van der Waals surface area (Å²) >= 11 is 6.47. The highest BCUT2D eigenvalue weighted by atomic mass is 35.5. The number of urea groups is 1. The number of morpholine rings is 1. The first-order valence-corrected chi connectivity index (χ1v) is 13.6. The highest BCUT2D eigenvalue weighted by molar-refractivity contribution is 6.35. The van der Waals surface area contributed by atoms with Gasteiger partial charge in [0, 0.05) is 55.9 Å². The zero-order chi connectivity index (χ0) is 27.4. The normalized spacial score (nSPS) is 17.8. The van der Waals surface area contributed by atoms with E-state index in [0.29, 0.717) is 37.7 Å². The lowest BCUT2D eigenvalue weighted by Gasteiger charge is -2.36. The van der Waals surface area contributed by atoms with Crippen LogP contribution in [0.15, 0.2) is 24.4 Å². The average Bonchev–Trinajstić information content (AvgIpc) is 3.66. The maximum atomic E-state index is 13.6. The lowest BCUT2D eigenvalue weighted by molar-refractivity contribution is -0.150. The Morgan fingerprint density at radius 1 is 1.21 bits per heavy atom. The number of fused-ring (bicyclic) bond motifs is 1. The molecule has 2 aliphatic rings. The monoisotopic (exact) mass is 547 g/mol. The Labute approximate surface area is 228 Å². The van der Waals surface area contributed by atoms with Crippen molar-refractivity contribution in [1.82, 2.24) is 25.0 Å². The predicted octanol–water partition coefficient (Wildman–Crippen LogP) is 3.74. The number of carbonyl (C=O) groups excluding carboxylic acids is 3. The molecule has 1 aliphatic heterocycles. The third kappa shape index (κ3) is 7.11. The number of carbonyl (C=O) groups is 3. The number of aromatic nitrogens is 1. The predicted molar refractivity (Wildman–Crippen MR) is 145 cm³/mol. The summed E-state index contributed by atoms with van der Waals surface area (Å²) in [6.45, 7) is 10.2. The van der Waals surface area contributed by atoms with Crippen LogP contribution < -0.4 is 10.6 Å². The molecule has 11 heteroatoms. The van der Waals surface area contributed by atoms with E-state index in [9.17, 15) is 14.4 Å². The third-order valence-corrected chi connectivity index (χ3v) is 6.79. The van der Waals surface area contributed by atoms with E-state index in [0.717, 1.165) is 29.3 Å². The Morgan fingerprint density at radius 3 is 2.66 bits per heavy atom. The van der Waals surface area contributed by atoms with Crippen molar-refractivity contribution in [1.29, 1.82) is 0 Å². The number of halogens is 1. The number of nitrogens with one attached hydrogen (secondary N) is 2. The molecule has 2 heterocycles. The molecular formula is C27H38ClN5O5. The number of rotatable bonds is 8. The van der Waals surface area contributed by atoms with E-state index >= 15 is 0 Å². The molecule has 1 atom stereocenters. The van der Waals surface area contributed by atoms with E-state index < -0.39 is 17.8 Å². The second kappa shape index (κ2) is 11.8. The summed E-state index contributed by atoms with van der Waals surface area (Å²) in [6, 6.07) is 5.96. The summed E-state index contributed by atoms with van der Waals surface area (Å²) in [4.78, 5) is 41.3. The molecule has 0 spiro atoms. The van der Waals surface area contributed by atoms with Crippen LogP contribution in [0.1, 0.15) is 46.1 Å². The molecule has 1 saturated heterocycles. The minimum atomic E-state index is -0.723. The molecule has 38 heavy (non-hydrogen) atoms. The molecule has 4 rings (SSSR count). The van der Waals surface area contributed by atoms with Crippen LogP contribution in [0.5, 0.6) is 0 Å². The molecule has 1 unspecified atom stereocenters. The number of hydrogen-bond donors (Lipinski definition) is 2. The fourth-order valence-corrected chi connectivity index (χ4v) is 4.81. The minimum absolute atomic E-state index is 0.111. The molecule has 2 fully saturated rings. The first kappa shape index (κ1) is 28.0. The maximum absolute atomic E-state index is 13.6. The van der Waals surface area contributed by atoms with Gasteiger partial charge in [0.2, 0.25) is 0 Å². The van der Waals surface area contributed by atoms with Crippen LogP contribution in [0.2, 0.25) is 5.02 Å². The van der Waals surface area contributed by atoms with Crippen molar-refractivity contribution >= 4 is 40.5 Å². The summed E-state index contributed by atoms with van der Waals surface area (Å²) in [5, 5.41) is 7.10. The van der Waals surface area contributed by atoms with E-state index in [-0.39, 0.29) is 31.1 Å². The SMILES string of the molecule is CCNC(=O)NCCn1cc(Cl)c2ccc(CN(C(=O)C3CN(C(=O)OC(C)(C)C)CCO3)C3CC3)cc21. The van der Waals surface area contributed by atoms with Crippen molar-refractivity contribution < 1.29 is 23.9 Å². The van der Waals surface area contributed by atoms with Crippen molar-refractivity contribution in [3.05, 3.63) is 35.0 Å². The Kier molecular flexibility index (Phi) is 8.72. The van der Waals surface area contributed by atoms with Crippen molar-refractivity contribution in [2.45, 2.75) is 71.4 Å². The molecule has 10 nitrogen and oxygen atoms in total. The van der Waals surface area contributed by atoms with Crippen LogP contribution in [0.4, 0.5) is 9.59 Å². The Morgan fingerprint density at radius 2 is 1.97 bits per heavy atom. The minimum Gasteiger partial charge on any atom is -0.444 e. The molecule has 2 N–H and O–H groups in total. The van der Waals surface area contributed by atoms with E-state index in [1.54, 1.807) is 4.90 Å². The molecule has 1 aromatic heterocycles. The molecule has 1 aromatic carbocycles. The molecule has 4 amide bonds. The molecule has 1 saturated carbocycles. The summed E-state index contributed by atoms with van der Waals surface area (Å²) in [6.07, 6.45) is 2.61. The van der Waals surface area contributed by atoms with Crippen molar-refractivity contribution in [3.8, 4) is 0 Å². The Hall–Kier alpha value is -2.98. The molecule has 1 aliphatic carbocycles. The van der Waals surface area contributed by atoms with Gasteiger partial charge in [-0.2, -0.15) is 0 Å². The van der Waals surface area contributed by atoms with E-state index in [1.165, 1.54) is 0 Å². The van der Waals surface area contributed by atoms with Crippen LogP contribution in [0.3, 0.4) is 0 Å². The van der Waals surface area contributed by atoms with Crippen LogP contribution in [-0.4, -0.2) is 82.9 Å². The summed E-state index contributed by atoms with van der Waals surface area (Å²) in [7, 11) is 0. The van der Waals surface area contributed by atoms with Gasteiger partial charge in [-0.05, 0) is 52.2 Å². The fourth-order valence-electron chi connectivity index (χ4n) is 4.53. The number of benzene rings is 1. The van der Waals surface area contributed by atoms with Gasteiger partial charge in [-0.15, -0.1) is 0 Å². The van der Waals surface area contributed by atoms with Gasteiger partial charge < -0.3 is 34.5 Å². The first-order chi connectivity index (χ1) is 18.1. The van der Waals surface area contributed by atoms with E-state index in [2.05, 4.69) is 10.6 Å². The highest BCUT2D eigenvalue weighted by Crippen LogP contribution is 2.32. The second-order valence-electron chi connectivity index (χ2n) is 10.8. The standard InChI is InChI=1S/C27H38ClN5O5/c1-5-29-25(35)30-10-11-31-16-21(28)20-9-6-18(14-22(20)31)15-33(19-7-8-19)24(34)23-17-32(12-13-37-23)26(36)38-27(2,3)4/h6,9,14,16,19,23H,5,7-8,10-13,15,17H2,1-4H3,(H2,29,30,35).